The van der Waals surface area contributed by atoms with Crippen LogP contribution in [0.4, 0.5) is 0 Å². The fourth-order valence-electron chi connectivity index (χ4n) is 1.87. The molecule has 3 nitrogen and oxygen atoms in total. The molecule has 94 valence electrons. The minimum atomic E-state index is 0.515. The summed E-state index contributed by atoms with van der Waals surface area (Å²) in [5, 5.41) is 8.11. The Balaban J connectivity index is 2.12. The first-order valence-electron chi connectivity index (χ1n) is 5.66. The fraction of sp³-hybridized carbons (Fsp3) is 0. The van der Waals surface area contributed by atoms with E-state index in [1.807, 2.05) is 30.3 Å². The number of nitrogens with zero attached hydrogens (tertiary/aromatic N) is 2. The van der Waals surface area contributed by atoms with Crippen molar-refractivity contribution >= 4 is 23.2 Å². The molecule has 0 spiro atoms. The smallest absolute Gasteiger partial charge is 0.0744 e. The lowest BCUT2D eigenvalue weighted by Gasteiger charge is -2.04. The maximum absolute atomic E-state index is 6.05. The number of rotatable bonds is 2. The number of benzene rings is 1. The number of pyridine rings is 1. The fourth-order valence-corrected chi connectivity index (χ4v) is 2.17. The highest BCUT2D eigenvalue weighted by Crippen LogP contribution is 2.32. The zero-order valence-corrected chi connectivity index (χ0v) is 11.3. The van der Waals surface area contributed by atoms with Crippen molar-refractivity contribution in [3.8, 4) is 22.5 Å². The van der Waals surface area contributed by atoms with Crippen LogP contribution in [-0.2, 0) is 0 Å². The maximum Gasteiger partial charge on any atom is 0.0744 e. The summed E-state index contributed by atoms with van der Waals surface area (Å²) in [6, 6.07) is 11.2. The van der Waals surface area contributed by atoms with E-state index < -0.39 is 0 Å². The summed E-state index contributed by atoms with van der Waals surface area (Å²) < 4.78 is 0. The number of aromatic nitrogens is 3. The van der Waals surface area contributed by atoms with Gasteiger partial charge in [0.1, 0.15) is 0 Å². The van der Waals surface area contributed by atoms with E-state index in [0.717, 1.165) is 22.5 Å². The van der Waals surface area contributed by atoms with Gasteiger partial charge in [0.05, 0.1) is 27.6 Å². The van der Waals surface area contributed by atoms with Crippen LogP contribution in [0.2, 0.25) is 10.0 Å². The molecule has 0 aliphatic carbocycles. The molecule has 0 unspecified atom stereocenters. The number of hydrogen-bond acceptors (Lipinski definition) is 2. The standard InChI is InChI=1S/C14H9Cl2N3/c15-11-5-4-9(7-12(11)16)14-10(8-18-19-14)13-3-1-2-6-17-13/h1-8H,(H,18,19). The lowest BCUT2D eigenvalue weighted by molar-refractivity contribution is 1.10. The van der Waals surface area contributed by atoms with E-state index in [1.165, 1.54) is 0 Å². The van der Waals surface area contributed by atoms with Gasteiger partial charge in [-0.2, -0.15) is 5.10 Å². The van der Waals surface area contributed by atoms with Crippen LogP contribution in [0.15, 0.2) is 48.8 Å². The first-order valence-corrected chi connectivity index (χ1v) is 6.41. The highest BCUT2D eigenvalue weighted by molar-refractivity contribution is 6.42. The van der Waals surface area contributed by atoms with Crippen molar-refractivity contribution in [3.05, 3.63) is 58.8 Å². The highest BCUT2D eigenvalue weighted by atomic mass is 35.5. The van der Waals surface area contributed by atoms with Gasteiger partial charge in [-0.1, -0.05) is 35.3 Å². The van der Waals surface area contributed by atoms with Gasteiger partial charge in [-0.05, 0) is 24.3 Å². The number of halogens is 2. The van der Waals surface area contributed by atoms with Crippen LogP contribution in [-0.4, -0.2) is 15.2 Å². The zero-order valence-electron chi connectivity index (χ0n) is 9.77. The van der Waals surface area contributed by atoms with Crippen molar-refractivity contribution in [1.29, 1.82) is 0 Å². The van der Waals surface area contributed by atoms with Gasteiger partial charge in [-0.15, -0.1) is 0 Å². The summed E-state index contributed by atoms with van der Waals surface area (Å²) in [4.78, 5) is 4.33. The van der Waals surface area contributed by atoms with Crippen molar-refractivity contribution < 1.29 is 0 Å². The average Bonchev–Trinajstić information content (AvgIpc) is 2.92. The third-order valence-corrected chi connectivity index (χ3v) is 3.53. The maximum atomic E-state index is 6.05. The van der Waals surface area contributed by atoms with E-state index in [2.05, 4.69) is 15.2 Å². The van der Waals surface area contributed by atoms with Gasteiger partial charge in [0.25, 0.3) is 0 Å². The van der Waals surface area contributed by atoms with Crippen molar-refractivity contribution in [2.75, 3.05) is 0 Å². The molecule has 0 atom stereocenters. The molecule has 0 aliphatic rings. The molecule has 2 aromatic heterocycles. The van der Waals surface area contributed by atoms with Crippen LogP contribution < -0.4 is 0 Å². The van der Waals surface area contributed by atoms with Gasteiger partial charge >= 0.3 is 0 Å². The van der Waals surface area contributed by atoms with Crippen molar-refractivity contribution in [3.63, 3.8) is 0 Å². The van der Waals surface area contributed by atoms with E-state index in [4.69, 9.17) is 23.2 Å². The summed E-state index contributed by atoms with van der Waals surface area (Å²) in [6.07, 6.45) is 3.50. The van der Waals surface area contributed by atoms with Crippen LogP contribution in [0, 0.1) is 0 Å². The largest absolute Gasteiger partial charge is 0.277 e. The minimum absolute atomic E-state index is 0.515. The lowest BCUT2D eigenvalue weighted by Crippen LogP contribution is -1.85. The average molecular weight is 290 g/mol. The number of nitrogens with one attached hydrogen (secondary N) is 1. The van der Waals surface area contributed by atoms with Crippen molar-refractivity contribution in [1.82, 2.24) is 15.2 Å². The van der Waals surface area contributed by atoms with Gasteiger partial charge in [-0.3, -0.25) is 10.1 Å². The summed E-state index contributed by atoms with van der Waals surface area (Å²) in [5.41, 5.74) is 3.58. The van der Waals surface area contributed by atoms with Crippen molar-refractivity contribution in [2.45, 2.75) is 0 Å². The predicted octanol–water partition coefficient (Wildman–Crippen LogP) is 4.45. The topological polar surface area (TPSA) is 41.6 Å². The highest BCUT2D eigenvalue weighted by Gasteiger charge is 2.11. The molecule has 0 aliphatic heterocycles. The number of aromatic amines is 1. The Kier molecular flexibility index (Phi) is 3.23. The van der Waals surface area contributed by atoms with E-state index in [-0.39, 0.29) is 0 Å². The summed E-state index contributed by atoms with van der Waals surface area (Å²) in [5.74, 6) is 0. The summed E-state index contributed by atoms with van der Waals surface area (Å²) in [7, 11) is 0. The summed E-state index contributed by atoms with van der Waals surface area (Å²) in [6.45, 7) is 0. The molecule has 1 aromatic carbocycles. The number of hydrogen-bond donors (Lipinski definition) is 1. The molecule has 3 rings (SSSR count). The van der Waals surface area contributed by atoms with Crippen molar-refractivity contribution in [2.24, 2.45) is 0 Å². The van der Waals surface area contributed by atoms with E-state index in [9.17, 15) is 0 Å². The van der Waals surface area contributed by atoms with Crippen LogP contribution >= 0.6 is 23.2 Å². The van der Waals surface area contributed by atoms with Crippen LogP contribution in [0.1, 0.15) is 0 Å². The molecule has 2 heterocycles. The Morgan fingerprint density at radius 3 is 2.63 bits per heavy atom. The SMILES string of the molecule is Clc1ccc(-c2[nH]ncc2-c2ccccn2)cc1Cl. The zero-order chi connectivity index (χ0) is 13.2. The number of H-pyrrole nitrogens is 1. The predicted molar refractivity (Wildman–Crippen MR) is 77.3 cm³/mol. The molecular formula is C14H9Cl2N3. The molecule has 0 bridgehead atoms. The van der Waals surface area contributed by atoms with Gasteiger partial charge in [0.15, 0.2) is 0 Å². The monoisotopic (exact) mass is 289 g/mol. The molecule has 5 heteroatoms. The van der Waals surface area contributed by atoms with Gasteiger partial charge in [0.2, 0.25) is 0 Å². The molecular weight excluding hydrogens is 281 g/mol. The van der Waals surface area contributed by atoms with Gasteiger partial charge in [-0.25, -0.2) is 0 Å². The molecule has 0 saturated carbocycles. The third kappa shape index (κ3) is 2.35. The second-order valence-corrected chi connectivity index (χ2v) is 4.82. The molecule has 3 aromatic rings. The normalized spacial score (nSPS) is 10.6. The van der Waals surface area contributed by atoms with Crippen LogP contribution in [0.25, 0.3) is 22.5 Å². The molecule has 19 heavy (non-hydrogen) atoms. The first kappa shape index (κ1) is 12.2. The summed E-state index contributed by atoms with van der Waals surface area (Å²) >= 11 is 12.0. The second-order valence-electron chi connectivity index (χ2n) is 4.00. The Bertz CT molecular complexity index is 708. The molecule has 0 radical (unpaired) electrons. The second kappa shape index (κ2) is 5.03. The lowest BCUT2D eigenvalue weighted by atomic mass is 10.1. The molecule has 0 amide bonds. The molecule has 0 fully saturated rings. The van der Waals surface area contributed by atoms with E-state index >= 15 is 0 Å². The van der Waals surface area contributed by atoms with E-state index in [1.54, 1.807) is 18.5 Å². The van der Waals surface area contributed by atoms with Gasteiger partial charge < -0.3 is 0 Å². The Hall–Kier alpha value is -1.84. The van der Waals surface area contributed by atoms with Crippen LogP contribution in [0.5, 0.6) is 0 Å². The third-order valence-electron chi connectivity index (χ3n) is 2.79. The molecule has 1 N–H and O–H groups in total. The Morgan fingerprint density at radius 1 is 1.00 bits per heavy atom. The Morgan fingerprint density at radius 2 is 1.89 bits per heavy atom. The minimum Gasteiger partial charge on any atom is -0.277 e. The Labute approximate surface area is 120 Å². The van der Waals surface area contributed by atoms with E-state index in [0.29, 0.717) is 10.0 Å². The quantitative estimate of drug-likeness (QED) is 0.757. The first-order chi connectivity index (χ1) is 9.25. The molecule has 0 saturated heterocycles. The van der Waals surface area contributed by atoms with Crippen LogP contribution in [0.3, 0.4) is 0 Å². The van der Waals surface area contributed by atoms with Gasteiger partial charge in [0, 0.05) is 17.3 Å².